The van der Waals surface area contributed by atoms with Crippen molar-refractivity contribution < 1.29 is 17.4 Å². The van der Waals surface area contributed by atoms with Gasteiger partial charge in [-0.15, -0.1) is 0 Å². The number of aromatic nitrogens is 2. The van der Waals surface area contributed by atoms with Gasteiger partial charge in [-0.1, -0.05) is 16.8 Å². The second-order valence-electron chi connectivity index (χ2n) is 5.66. The summed E-state index contributed by atoms with van der Waals surface area (Å²) in [5.74, 6) is 0.699. The van der Waals surface area contributed by atoms with Gasteiger partial charge in [0.2, 0.25) is 10.9 Å². The lowest BCUT2D eigenvalue weighted by Crippen LogP contribution is -2.27. The molecule has 7 nitrogen and oxygen atoms in total. The number of furan rings is 1. The summed E-state index contributed by atoms with van der Waals surface area (Å²) in [6.45, 7) is 1.03. The Morgan fingerprint density at radius 1 is 1.04 bits per heavy atom. The zero-order valence-electron chi connectivity index (χ0n) is 13.1. The molecule has 0 amide bonds. The van der Waals surface area contributed by atoms with E-state index in [4.69, 9.17) is 20.5 Å². The van der Waals surface area contributed by atoms with E-state index in [2.05, 4.69) is 10.1 Å². The fraction of sp³-hybridized carbons (Fsp3) is 0.250. The molecule has 0 unspecified atom stereocenters. The molecule has 9 heteroatoms. The molecule has 2 aromatic heterocycles. The molecule has 0 aliphatic carbocycles. The van der Waals surface area contributed by atoms with E-state index in [1.807, 2.05) is 0 Å². The van der Waals surface area contributed by atoms with Crippen LogP contribution in [0.4, 0.5) is 0 Å². The molecular formula is C16H14ClN3O4S. The summed E-state index contributed by atoms with van der Waals surface area (Å²) >= 11 is 5.86. The number of hydrogen-bond acceptors (Lipinski definition) is 6. The minimum Gasteiger partial charge on any atom is -0.438 e. The quantitative estimate of drug-likeness (QED) is 0.689. The predicted molar refractivity (Wildman–Crippen MR) is 90.4 cm³/mol. The smallest absolute Gasteiger partial charge is 0.293 e. The third-order valence-corrected chi connectivity index (χ3v) is 6.00. The van der Waals surface area contributed by atoms with E-state index < -0.39 is 10.0 Å². The van der Waals surface area contributed by atoms with Crippen LogP contribution in [-0.4, -0.2) is 36.0 Å². The second kappa shape index (κ2) is 6.29. The molecule has 4 rings (SSSR count). The van der Waals surface area contributed by atoms with E-state index in [0.717, 1.165) is 18.4 Å². The van der Waals surface area contributed by atoms with Crippen LogP contribution in [0.1, 0.15) is 12.8 Å². The highest BCUT2D eigenvalue weighted by Gasteiger charge is 2.30. The average molecular weight is 380 g/mol. The van der Waals surface area contributed by atoms with Gasteiger partial charge in [0.15, 0.2) is 5.76 Å². The van der Waals surface area contributed by atoms with Crippen molar-refractivity contribution in [1.82, 2.24) is 14.4 Å². The lowest BCUT2D eigenvalue weighted by Gasteiger charge is -2.12. The highest BCUT2D eigenvalue weighted by atomic mass is 35.5. The summed E-state index contributed by atoms with van der Waals surface area (Å²) in [5, 5.41) is 4.38. The maximum atomic E-state index is 12.5. The summed E-state index contributed by atoms with van der Waals surface area (Å²) < 4.78 is 37.1. The zero-order chi connectivity index (χ0) is 17.4. The van der Waals surface area contributed by atoms with E-state index in [1.165, 1.54) is 16.4 Å². The molecule has 3 heterocycles. The third kappa shape index (κ3) is 3.08. The number of sulfonamides is 1. The molecule has 1 aliphatic rings. The molecule has 0 saturated carbocycles. The number of nitrogens with zero attached hydrogens (tertiary/aromatic N) is 3. The van der Waals surface area contributed by atoms with Crippen LogP contribution >= 0.6 is 11.6 Å². The minimum absolute atomic E-state index is 0.115. The Kier molecular flexibility index (Phi) is 4.10. The van der Waals surface area contributed by atoms with Gasteiger partial charge in [0.05, 0.1) is 0 Å². The van der Waals surface area contributed by atoms with Gasteiger partial charge in [-0.25, -0.2) is 8.42 Å². The molecular weight excluding hydrogens is 366 g/mol. The van der Waals surface area contributed by atoms with E-state index in [9.17, 15) is 8.42 Å². The van der Waals surface area contributed by atoms with Gasteiger partial charge in [-0.3, -0.25) is 0 Å². The monoisotopic (exact) mass is 379 g/mol. The van der Waals surface area contributed by atoms with Crippen molar-refractivity contribution in [2.24, 2.45) is 0 Å². The highest BCUT2D eigenvalue weighted by Crippen LogP contribution is 2.28. The summed E-state index contributed by atoms with van der Waals surface area (Å²) in [5.41, 5.74) is 0.732. The lowest BCUT2D eigenvalue weighted by molar-refractivity contribution is 0.388. The fourth-order valence-corrected chi connectivity index (χ4v) is 4.22. The molecule has 0 bridgehead atoms. The summed E-state index contributed by atoms with van der Waals surface area (Å²) in [6.07, 6.45) is 1.72. The molecule has 0 spiro atoms. The Morgan fingerprint density at radius 3 is 2.48 bits per heavy atom. The Morgan fingerprint density at radius 2 is 1.76 bits per heavy atom. The van der Waals surface area contributed by atoms with Crippen molar-refractivity contribution in [2.45, 2.75) is 17.9 Å². The first-order chi connectivity index (χ1) is 12.0. The first kappa shape index (κ1) is 16.3. The zero-order valence-corrected chi connectivity index (χ0v) is 14.6. The number of benzene rings is 1. The van der Waals surface area contributed by atoms with Crippen LogP contribution in [0.2, 0.25) is 5.02 Å². The van der Waals surface area contributed by atoms with Crippen LogP contribution in [0.5, 0.6) is 0 Å². The molecule has 0 atom stereocenters. The van der Waals surface area contributed by atoms with E-state index >= 15 is 0 Å². The van der Waals surface area contributed by atoms with Gasteiger partial charge < -0.3 is 8.94 Å². The molecule has 0 N–H and O–H groups in total. The van der Waals surface area contributed by atoms with Crippen LogP contribution in [-0.2, 0) is 10.0 Å². The van der Waals surface area contributed by atoms with Crippen LogP contribution in [0.15, 0.2) is 50.4 Å². The molecule has 1 aromatic carbocycles. The van der Waals surface area contributed by atoms with Crippen LogP contribution < -0.4 is 0 Å². The summed E-state index contributed by atoms with van der Waals surface area (Å²) in [7, 11) is -3.61. The molecule has 3 aromatic rings. The van der Waals surface area contributed by atoms with Crippen LogP contribution in [0, 0.1) is 0 Å². The Hall–Kier alpha value is -2.16. The van der Waals surface area contributed by atoms with Gasteiger partial charge in [-0.05, 0) is 49.2 Å². The maximum absolute atomic E-state index is 12.5. The Balaban J connectivity index is 1.61. The van der Waals surface area contributed by atoms with E-state index in [0.29, 0.717) is 23.9 Å². The van der Waals surface area contributed by atoms with Gasteiger partial charge in [0, 0.05) is 23.7 Å². The van der Waals surface area contributed by atoms with Crippen molar-refractivity contribution in [3.05, 3.63) is 41.4 Å². The molecule has 1 aliphatic heterocycles. The van der Waals surface area contributed by atoms with Crippen molar-refractivity contribution in [3.63, 3.8) is 0 Å². The average Bonchev–Trinajstić information content (AvgIpc) is 3.35. The van der Waals surface area contributed by atoms with Crippen molar-refractivity contribution in [2.75, 3.05) is 13.1 Å². The molecule has 1 saturated heterocycles. The van der Waals surface area contributed by atoms with Crippen LogP contribution in [0.3, 0.4) is 0 Å². The fourth-order valence-electron chi connectivity index (χ4n) is 2.67. The van der Waals surface area contributed by atoms with Crippen molar-refractivity contribution in [1.29, 1.82) is 0 Å². The molecule has 130 valence electrons. The topological polar surface area (TPSA) is 89.4 Å². The third-order valence-electron chi connectivity index (χ3n) is 3.98. The maximum Gasteiger partial charge on any atom is 0.293 e. The normalized spacial score (nSPS) is 15.7. The minimum atomic E-state index is -3.61. The van der Waals surface area contributed by atoms with Gasteiger partial charge in [0.25, 0.3) is 15.9 Å². The predicted octanol–water partition coefficient (Wildman–Crippen LogP) is 3.43. The van der Waals surface area contributed by atoms with Crippen molar-refractivity contribution >= 4 is 21.6 Å². The molecule has 1 fully saturated rings. The van der Waals surface area contributed by atoms with Gasteiger partial charge >= 0.3 is 0 Å². The molecule has 0 radical (unpaired) electrons. The molecule has 25 heavy (non-hydrogen) atoms. The number of hydrogen-bond donors (Lipinski definition) is 0. The van der Waals surface area contributed by atoms with E-state index in [-0.39, 0.29) is 16.7 Å². The van der Waals surface area contributed by atoms with Gasteiger partial charge in [-0.2, -0.15) is 9.29 Å². The SMILES string of the molecule is O=S(=O)(c1ccc(-c2nc(-c3ccc(Cl)cc3)no2)o1)N1CCCC1. The first-order valence-electron chi connectivity index (χ1n) is 7.74. The van der Waals surface area contributed by atoms with E-state index in [1.54, 1.807) is 24.3 Å². The summed E-state index contributed by atoms with van der Waals surface area (Å²) in [6, 6.07) is 9.91. The second-order valence-corrected chi connectivity index (χ2v) is 7.97. The van der Waals surface area contributed by atoms with Gasteiger partial charge in [0.1, 0.15) is 0 Å². The largest absolute Gasteiger partial charge is 0.438 e. The lowest BCUT2D eigenvalue weighted by atomic mass is 10.2. The first-order valence-corrected chi connectivity index (χ1v) is 9.56. The van der Waals surface area contributed by atoms with Crippen LogP contribution in [0.25, 0.3) is 23.0 Å². The summed E-state index contributed by atoms with van der Waals surface area (Å²) in [4.78, 5) is 4.25. The van der Waals surface area contributed by atoms with Crippen molar-refractivity contribution in [3.8, 4) is 23.0 Å². The highest BCUT2D eigenvalue weighted by molar-refractivity contribution is 7.89. The Labute approximate surface area is 149 Å². The Bertz CT molecular complexity index is 989. The number of rotatable bonds is 4. The standard InChI is InChI=1S/C16H14ClN3O4S/c17-12-5-3-11(4-6-12)15-18-16(24-19-15)13-7-8-14(23-13)25(21,22)20-9-1-2-10-20/h3-8H,1-2,9-10H2. The number of halogens is 1.